The van der Waals surface area contributed by atoms with Crippen LogP contribution in [0.4, 0.5) is 0 Å². The van der Waals surface area contributed by atoms with Gasteiger partial charge in [-0.3, -0.25) is 9.55 Å². The first kappa shape index (κ1) is 34.5. The number of rotatable bonds is 3. The molecule has 1 aliphatic rings. The van der Waals surface area contributed by atoms with Crippen LogP contribution in [-0.4, -0.2) is 19.5 Å². The number of benzene rings is 8. The van der Waals surface area contributed by atoms with Crippen molar-refractivity contribution in [3.05, 3.63) is 181 Å². The highest BCUT2D eigenvalue weighted by molar-refractivity contribution is 7.27. The molecule has 0 atom stereocenters. The molecule has 0 unspecified atom stereocenters. The number of aromatic nitrogens is 4. The molecular weight excluding hydrogens is 793 g/mol. The summed E-state index contributed by atoms with van der Waals surface area (Å²) in [5.74, 6) is 0.668. The van der Waals surface area contributed by atoms with E-state index in [0.29, 0.717) is 5.95 Å². The number of hydrogen-bond acceptors (Lipinski definition) is 5. The fraction of sp³-hybridized carbons (Fsp3) is 0.0536. The van der Waals surface area contributed by atoms with Crippen molar-refractivity contribution in [3.63, 3.8) is 0 Å². The first-order valence-corrected chi connectivity index (χ1v) is 22.7. The van der Waals surface area contributed by atoms with Gasteiger partial charge in [-0.2, -0.15) is 0 Å². The van der Waals surface area contributed by atoms with Crippen LogP contribution in [0.15, 0.2) is 170 Å². The van der Waals surface area contributed by atoms with Crippen LogP contribution in [-0.2, 0) is 5.41 Å². The van der Waals surface area contributed by atoms with Crippen LogP contribution < -0.4 is 0 Å². The highest BCUT2D eigenvalue weighted by Crippen LogP contribution is 2.52. The Morgan fingerprint density at radius 1 is 0.500 bits per heavy atom. The fourth-order valence-corrected chi connectivity index (χ4v) is 13.1. The Morgan fingerprint density at radius 3 is 2.15 bits per heavy atom. The number of pyridine rings is 1. The largest absolute Gasteiger partial charge is 0.277 e. The van der Waals surface area contributed by atoms with E-state index in [1.807, 2.05) is 29.8 Å². The lowest BCUT2D eigenvalue weighted by atomic mass is 9.82. The summed E-state index contributed by atoms with van der Waals surface area (Å²) in [6, 6.07) is 57.9. The van der Waals surface area contributed by atoms with Gasteiger partial charge in [-0.1, -0.05) is 147 Å². The van der Waals surface area contributed by atoms with Gasteiger partial charge in [0.25, 0.3) is 0 Å². The average Bonchev–Trinajstić information content (AvgIpc) is 4.06. The molecule has 6 heteroatoms. The zero-order chi connectivity index (χ0) is 40.8. The van der Waals surface area contributed by atoms with Gasteiger partial charge in [0.1, 0.15) is 4.83 Å². The molecule has 0 saturated carbocycles. The predicted molar refractivity (Wildman–Crippen MR) is 263 cm³/mol. The van der Waals surface area contributed by atoms with Crippen molar-refractivity contribution >= 4 is 106 Å². The zero-order valence-electron chi connectivity index (χ0n) is 33.8. The Labute approximate surface area is 364 Å². The number of hydrogen-bond donors (Lipinski definition) is 0. The van der Waals surface area contributed by atoms with E-state index in [1.54, 1.807) is 11.3 Å². The van der Waals surface area contributed by atoms with E-state index in [-0.39, 0.29) is 5.41 Å². The van der Waals surface area contributed by atoms with Crippen LogP contribution in [0.2, 0.25) is 0 Å². The van der Waals surface area contributed by atoms with Crippen molar-refractivity contribution in [2.45, 2.75) is 19.3 Å². The zero-order valence-corrected chi connectivity index (χ0v) is 35.4. The van der Waals surface area contributed by atoms with Crippen molar-refractivity contribution in [2.24, 2.45) is 0 Å². The summed E-state index contributed by atoms with van der Waals surface area (Å²) in [6.07, 6.45) is 3.78. The van der Waals surface area contributed by atoms with Crippen molar-refractivity contribution in [2.75, 3.05) is 0 Å². The maximum atomic E-state index is 5.84. The van der Waals surface area contributed by atoms with E-state index in [0.717, 1.165) is 43.6 Å². The molecule has 0 bridgehead atoms. The van der Waals surface area contributed by atoms with E-state index in [9.17, 15) is 0 Å². The molecule has 62 heavy (non-hydrogen) atoms. The second-order valence-electron chi connectivity index (χ2n) is 17.1. The minimum Gasteiger partial charge on any atom is -0.277 e. The van der Waals surface area contributed by atoms with Gasteiger partial charge in [-0.15, -0.1) is 22.7 Å². The van der Waals surface area contributed by atoms with Gasteiger partial charge in [0.15, 0.2) is 0 Å². The second kappa shape index (κ2) is 12.4. The van der Waals surface area contributed by atoms with Gasteiger partial charge in [0.2, 0.25) is 5.95 Å². The number of fused-ring (bicyclic) bond motifs is 18. The van der Waals surface area contributed by atoms with Crippen molar-refractivity contribution in [1.29, 1.82) is 0 Å². The summed E-state index contributed by atoms with van der Waals surface area (Å²) in [5.41, 5.74) is 11.6. The molecule has 0 amide bonds. The highest BCUT2D eigenvalue weighted by atomic mass is 32.1. The quantitative estimate of drug-likeness (QED) is 0.178. The standard InChI is InChI=1S/C56H34N4S2/c1-56(2)43-19-9-7-15-36(43)37-24-23-33(28-44(37)56)50-48-42-26-21-31-12-3-4-14-35(31)52(42)62-54(48)59-55(58-50)60-45-29-32(34-13-11-27-57-30-34)22-25-40(45)47-38-16-5-6-17-39(38)53-49(51(47)60)41-18-8-10-20-46(41)61-53/h3-30H,1-2H3. The van der Waals surface area contributed by atoms with E-state index in [1.165, 1.54) is 84.8 Å². The highest BCUT2D eigenvalue weighted by Gasteiger charge is 2.36. The molecule has 0 saturated heterocycles. The summed E-state index contributed by atoms with van der Waals surface area (Å²) in [5, 5.41) is 12.1. The smallest absolute Gasteiger partial charge is 0.236 e. The third-order valence-electron chi connectivity index (χ3n) is 13.5. The van der Waals surface area contributed by atoms with Crippen LogP contribution in [0.5, 0.6) is 0 Å². The fourth-order valence-electron chi connectivity index (χ4n) is 10.6. The Bertz CT molecular complexity index is 4080. The summed E-state index contributed by atoms with van der Waals surface area (Å²) < 4.78 is 6.17. The lowest BCUT2D eigenvalue weighted by molar-refractivity contribution is 0.660. The van der Waals surface area contributed by atoms with Gasteiger partial charge in [-0.05, 0) is 68.2 Å². The number of thiophene rings is 2. The molecule has 0 fully saturated rings. The number of nitrogens with zero attached hydrogens (tertiary/aromatic N) is 4. The molecule has 0 spiro atoms. The molecule has 5 heterocycles. The van der Waals surface area contributed by atoms with Gasteiger partial charge in [0, 0.05) is 80.7 Å². The van der Waals surface area contributed by atoms with Crippen LogP contribution in [0.3, 0.4) is 0 Å². The van der Waals surface area contributed by atoms with E-state index < -0.39 is 0 Å². The second-order valence-corrected chi connectivity index (χ2v) is 19.2. The van der Waals surface area contributed by atoms with Crippen LogP contribution in [0.25, 0.3) is 123 Å². The van der Waals surface area contributed by atoms with Gasteiger partial charge in [0.05, 0.1) is 16.7 Å². The topological polar surface area (TPSA) is 43.6 Å². The maximum absolute atomic E-state index is 5.84. The van der Waals surface area contributed by atoms with E-state index in [2.05, 4.69) is 175 Å². The summed E-state index contributed by atoms with van der Waals surface area (Å²) >= 11 is 3.65. The SMILES string of the molecule is CC1(C)c2ccccc2-c2ccc(-c3nc(-n4c5cc(-c6cccnc6)ccc5c5c6ccccc6c6sc7ccccc7c6c54)nc4sc5c6ccccc6ccc5c34)cc21. The van der Waals surface area contributed by atoms with Crippen molar-refractivity contribution in [3.8, 4) is 39.5 Å². The Hall–Kier alpha value is -7.25. The molecule has 5 aromatic heterocycles. The molecule has 14 rings (SSSR count). The Morgan fingerprint density at radius 2 is 1.26 bits per heavy atom. The first-order chi connectivity index (χ1) is 30.5. The summed E-state index contributed by atoms with van der Waals surface area (Å²) in [7, 11) is 0. The van der Waals surface area contributed by atoms with Gasteiger partial charge < -0.3 is 0 Å². The maximum Gasteiger partial charge on any atom is 0.236 e. The third-order valence-corrected chi connectivity index (χ3v) is 15.8. The predicted octanol–water partition coefficient (Wildman–Crippen LogP) is 15.7. The van der Waals surface area contributed by atoms with Crippen LogP contribution >= 0.6 is 22.7 Å². The van der Waals surface area contributed by atoms with Gasteiger partial charge in [-0.25, -0.2) is 9.97 Å². The molecule has 1 aliphatic carbocycles. The molecule has 0 N–H and O–H groups in total. The third kappa shape index (κ3) is 4.57. The molecule has 0 aliphatic heterocycles. The lowest BCUT2D eigenvalue weighted by Gasteiger charge is -2.22. The molecule has 0 radical (unpaired) electrons. The average molecular weight is 827 g/mol. The van der Waals surface area contributed by atoms with Crippen molar-refractivity contribution < 1.29 is 0 Å². The van der Waals surface area contributed by atoms with Crippen LogP contribution in [0.1, 0.15) is 25.0 Å². The van der Waals surface area contributed by atoms with E-state index >= 15 is 0 Å². The monoisotopic (exact) mass is 826 g/mol. The Balaban J connectivity index is 1.17. The van der Waals surface area contributed by atoms with Crippen molar-refractivity contribution in [1.82, 2.24) is 19.5 Å². The first-order valence-electron chi connectivity index (χ1n) is 21.1. The minimum atomic E-state index is -0.161. The molecule has 4 nitrogen and oxygen atoms in total. The minimum absolute atomic E-state index is 0.161. The normalized spacial score (nSPS) is 13.5. The summed E-state index contributed by atoms with van der Waals surface area (Å²) in [6.45, 7) is 4.71. The molecule has 290 valence electrons. The molecular formula is C56H34N4S2. The summed E-state index contributed by atoms with van der Waals surface area (Å²) in [4.78, 5) is 17.0. The van der Waals surface area contributed by atoms with Gasteiger partial charge >= 0.3 is 0 Å². The van der Waals surface area contributed by atoms with Crippen LogP contribution in [0, 0.1) is 0 Å². The molecule has 8 aromatic carbocycles. The lowest BCUT2D eigenvalue weighted by Crippen LogP contribution is -2.15. The molecule has 13 aromatic rings. The van der Waals surface area contributed by atoms with E-state index in [4.69, 9.17) is 9.97 Å². The Kier molecular flexibility index (Phi) is 6.90.